The van der Waals surface area contributed by atoms with E-state index in [1.165, 1.54) is 0 Å². The number of ether oxygens (including phenoxy) is 1. The highest BCUT2D eigenvalue weighted by atomic mass is 16.5. The number of amides is 1. The second-order valence-electron chi connectivity index (χ2n) is 5.26. The molecule has 0 aromatic heterocycles. The van der Waals surface area contributed by atoms with E-state index in [0.29, 0.717) is 18.7 Å². The van der Waals surface area contributed by atoms with Crippen LogP contribution in [0.3, 0.4) is 0 Å². The maximum absolute atomic E-state index is 12.2. The molecule has 0 unspecified atom stereocenters. The molecule has 118 valence electrons. The molecule has 1 rings (SSSR count). The Morgan fingerprint density at radius 1 is 1.10 bits per heavy atom. The zero-order valence-corrected chi connectivity index (χ0v) is 13.3. The van der Waals surface area contributed by atoms with Crippen molar-refractivity contribution < 1.29 is 9.53 Å². The molecule has 0 aliphatic heterocycles. The van der Waals surface area contributed by atoms with E-state index in [2.05, 4.69) is 13.8 Å². The molecule has 4 nitrogen and oxygen atoms in total. The van der Waals surface area contributed by atoms with E-state index in [1.807, 2.05) is 17.0 Å². The molecule has 0 aliphatic rings. The van der Waals surface area contributed by atoms with Crippen LogP contribution in [0.2, 0.25) is 0 Å². The lowest BCUT2D eigenvalue weighted by molar-refractivity contribution is -0.131. The number of nitrogens with zero attached hydrogens (tertiary/aromatic N) is 1. The molecule has 0 fully saturated rings. The van der Waals surface area contributed by atoms with Gasteiger partial charge < -0.3 is 15.4 Å². The highest BCUT2D eigenvalue weighted by Gasteiger charge is 2.12. The number of nitrogens with two attached hydrogens (primary N) is 1. The molecule has 0 bridgehead atoms. The first kappa shape index (κ1) is 17.3. The second kappa shape index (κ2) is 10.1. The van der Waals surface area contributed by atoms with Crippen LogP contribution in [0.5, 0.6) is 5.75 Å². The number of benzene rings is 1. The van der Waals surface area contributed by atoms with Crippen molar-refractivity contribution >= 4 is 11.6 Å². The van der Waals surface area contributed by atoms with E-state index in [-0.39, 0.29) is 5.91 Å². The van der Waals surface area contributed by atoms with Crippen molar-refractivity contribution in [3.8, 4) is 5.75 Å². The Labute approximate surface area is 128 Å². The zero-order chi connectivity index (χ0) is 15.5. The summed E-state index contributed by atoms with van der Waals surface area (Å²) >= 11 is 0. The number of carbonyl (C=O) groups is 1. The fraction of sp³-hybridized carbons (Fsp3) is 0.588. The Kier molecular flexibility index (Phi) is 8.32. The summed E-state index contributed by atoms with van der Waals surface area (Å²) in [4.78, 5) is 14.2. The van der Waals surface area contributed by atoms with Crippen molar-refractivity contribution in [2.75, 3.05) is 25.4 Å². The average Bonchev–Trinajstić information content (AvgIpc) is 2.49. The first-order chi connectivity index (χ1) is 10.2. The summed E-state index contributed by atoms with van der Waals surface area (Å²) in [5, 5.41) is 0. The Morgan fingerprint density at radius 3 is 2.19 bits per heavy atom. The van der Waals surface area contributed by atoms with Gasteiger partial charge in [0.2, 0.25) is 5.91 Å². The van der Waals surface area contributed by atoms with Crippen molar-refractivity contribution in [2.45, 2.75) is 46.0 Å². The Morgan fingerprint density at radius 2 is 1.67 bits per heavy atom. The fourth-order valence-electron chi connectivity index (χ4n) is 2.04. The van der Waals surface area contributed by atoms with Gasteiger partial charge in [-0.2, -0.15) is 0 Å². The van der Waals surface area contributed by atoms with Crippen molar-refractivity contribution in [2.24, 2.45) is 0 Å². The summed E-state index contributed by atoms with van der Waals surface area (Å²) in [6.45, 7) is 6.42. The Bertz CT molecular complexity index is 396. The normalized spacial score (nSPS) is 10.4. The van der Waals surface area contributed by atoms with Gasteiger partial charge in [0.25, 0.3) is 0 Å². The first-order valence-electron chi connectivity index (χ1n) is 7.93. The largest absolute Gasteiger partial charge is 0.493 e. The van der Waals surface area contributed by atoms with Gasteiger partial charge in [-0.25, -0.2) is 0 Å². The Hall–Kier alpha value is -1.71. The van der Waals surface area contributed by atoms with Gasteiger partial charge in [-0.05, 0) is 37.1 Å². The number of carbonyl (C=O) groups excluding carboxylic acids is 1. The molecule has 0 saturated heterocycles. The van der Waals surface area contributed by atoms with Crippen molar-refractivity contribution in [1.29, 1.82) is 0 Å². The first-order valence-corrected chi connectivity index (χ1v) is 7.93. The summed E-state index contributed by atoms with van der Waals surface area (Å²) in [6, 6.07) is 7.25. The number of rotatable bonds is 10. The summed E-state index contributed by atoms with van der Waals surface area (Å²) < 4.78 is 5.59. The highest BCUT2D eigenvalue weighted by Crippen LogP contribution is 2.13. The molecule has 0 saturated carbocycles. The Balaban J connectivity index is 2.35. The highest BCUT2D eigenvalue weighted by molar-refractivity contribution is 5.76. The molecule has 2 N–H and O–H groups in total. The molecule has 0 aliphatic carbocycles. The van der Waals surface area contributed by atoms with Gasteiger partial charge in [0.15, 0.2) is 0 Å². The third-order valence-electron chi connectivity index (χ3n) is 3.38. The molecule has 1 amide bonds. The van der Waals surface area contributed by atoms with E-state index >= 15 is 0 Å². The van der Waals surface area contributed by atoms with Gasteiger partial charge in [0.05, 0.1) is 13.0 Å². The summed E-state index contributed by atoms with van der Waals surface area (Å²) in [7, 11) is 0. The molecular formula is C17H28N2O2. The number of hydrogen-bond donors (Lipinski definition) is 1. The molecule has 4 heteroatoms. The molecule has 0 atom stereocenters. The van der Waals surface area contributed by atoms with Crippen LogP contribution < -0.4 is 10.5 Å². The van der Waals surface area contributed by atoms with Crippen LogP contribution in [0.4, 0.5) is 5.69 Å². The van der Waals surface area contributed by atoms with E-state index in [0.717, 1.165) is 44.5 Å². The zero-order valence-electron chi connectivity index (χ0n) is 13.3. The summed E-state index contributed by atoms with van der Waals surface area (Å²) in [6.07, 6.45) is 4.77. The quantitative estimate of drug-likeness (QED) is 0.672. The van der Waals surface area contributed by atoms with Gasteiger partial charge >= 0.3 is 0 Å². The lowest BCUT2D eigenvalue weighted by atomic mass is 10.2. The topological polar surface area (TPSA) is 55.6 Å². The molecule has 21 heavy (non-hydrogen) atoms. The predicted octanol–water partition coefficient (Wildman–Crippen LogP) is 3.47. The molecular weight excluding hydrogens is 264 g/mol. The van der Waals surface area contributed by atoms with E-state index in [4.69, 9.17) is 10.5 Å². The number of unbranched alkanes of at least 4 members (excludes halogenated alkanes) is 2. The van der Waals surface area contributed by atoms with Crippen molar-refractivity contribution in [3.63, 3.8) is 0 Å². The van der Waals surface area contributed by atoms with Crippen LogP contribution >= 0.6 is 0 Å². The minimum atomic E-state index is 0.187. The number of anilines is 1. The third kappa shape index (κ3) is 7.02. The number of nitrogen functional groups attached to an aromatic ring is 1. The van der Waals surface area contributed by atoms with E-state index in [9.17, 15) is 4.79 Å². The third-order valence-corrected chi connectivity index (χ3v) is 3.38. The molecule has 0 spiro atoms. The smallest absolute Gasteiger partial charge is 0.225 e. The van der Waals surface area contributed by atoms with Crippen LogP contribution in [-0.2, 0) is 4.79 Å². The average molecular weight is 292 g/mol. The molecule has 1 aromatic rings. The SMILES string of the molecule is CCCCN(CCCC)C(=O)CCOc1ccc(N)cc1. The lowest BCUT2D eigenvalue weighted by Crippen LogP contribution is -2.33. The van der Waals surface area contributed by atoms with Crippen LogP contribution in [0.25, 0.3) is 0 Å². The van der Waals surface area contributed by atoms with E-state index < -0.39 is 0 Å². The standard InChI is InChI=1S/C17H28N2O2/c1-3-5-12-19(13-6-4-2)17(20)11-14-21-16-9-7-15(18)8-10-16/h7-10H,3-6,11-14,18H2,1-2H3. The molecule has 1 aromatic carbocycles. The second-order valence-corrected chi connectivity index (χ2v) is 5.26. The minimum Gasteiger partial charge on any atom is -0.493 e. The van der Waals surface area contributed by atoms with Gasteiger partial charge in [0.1, 0.15) is 5.75 Å². The maximum Gasteiger partial charge on any atom is 0.225 e. The number of hydrogen-bond acceptors (Lipinski definition) is 3. The van der Waals surface area contributed by atoms with Crippen LogP contribution in [0, 0.1) is 0 Å². The van der Waals surface area contributed by atoms with Gasteiger partial charge in [0, 0.05) is 18.8 Å². The van der Waals surface area contributed by atoms with Gasteiger partial charge in [-0.3, -0.25) is 4.79 Å². The monoisotopic (exact) mass is 292 g/mol. The van der Waals surface area contributed by atoms with Crippen LogP contribution in [0.15, 0.2) is 24.3 Å². The molecule has 0 radical (unpaired) electrons. The van der Waals surface area contributed by atoms with Crippen molar-refractivity contribution in [1.82, 2.24) is 4.90 Å². The predicted molar refractivity (Wildman–Crippen MR) is 87.4 cm³/mol. The van der Waals surface area contributed by atoms with E-state index in [1.54, 1.807) is 12.1 Å². The van der Waals surface area contributed by atoms with Crippen LogP contribution in [0.1, 0.15) is 46.0 Å². The van der Waals surface area contributed by atoms with Crippen molar-refractivity contribution in [3.05, 3.63) is 24.3 Å². The van der Waals surface area contributed by atoms with Gasteiger partial charge in [-0.1, -0.05) is 26.7 Å². The summed E-state index contributed by atoms with van der Waals surface area (Å²) in [5.74, 6) is 0.943. The summed E-state index contributed by atoms with van der Waals surface area (Å²) in [5.41, 5.74) is 6.33. The van der Waals surface area contributed by atoms with Crippen LogP contribution in [-0.4, -0.2) is 30.5 Å². The maximum atomic E-state index is 12.2. The van der Waals surface area contributed by atoms with Gasteiger partial charge in [-0.15, -0.1) is 0 Å². The molecule has 0 heterocycles. The fourth-order valence-corrected chi connectivity index (χ4v) is 2.04. The lowest BCUT2D eigenvalue weighted by Gasteiger charge is -2.22. The minimum absolute atomic E-state index is 0.187.